The first-order valence-electron chi connectivity index (χ1n) is 5.21. The number of halogens is 2. The smallest absolute Gasteiger partial charge is 0.397 e. The van der Waals surface area contributed by atoms with Gasteiger partial charge in [0.1, 0.15) is 19.0 Å². The van der Waals surface area contributed by atoms with E-state index in [9.17, 15) is 8.42 Å². The minimum atomic E-state index is -4.43. The molecule has 0 bridgehead atoms. The van der Waals surface area contributed by atoms with Crippen LogP contribution in [0.15, 0.2) is 18.2 Å². The highest BCUT2D eigenvalue weighted by Gasteiger charge is 2.05. The van der Waals surface area contributed by atoms with Crippen LogP contribution < -0.4 is 4.74 Å². The highest BCUT2D eigenvalue weighted by molar-refractivity contribution is 7.80. The molecule has 1 rings (SSSR count). The first-order chi connectivity index (χ1) is 9.30. The molecular weight excluding hydrogens is 351 g/mol. The lowest BCUT2D eigenvalue weighted by Crippen LogP contribution is -2.11. The Balaban J connectivity index is 0.000000796. The quantitative estimate of drug-likeness (QED) is 0.406. The minimum absolute atomic E-state index is 0.0683. The highest BCUT2D eigenvalue weighted by Crippen LogP contribution is 2.27. The van der Waals surface area contributed by atoms with Gasteiger partial charge in [0.15, 0.2) is 0 Å². The number of hydrogen-bond acceptors (Lipinski definition) is 6. The number of ether oxygens (including phenoxy) is 1. The average Bonchev–Trinajstić information content (AvgIpc) is 2.36. The maximum absolute atomic E-state index is 10.2. The van der Waals surface area contributed by atoms with Gasteiger partial charge in [-0.25, -0.2) is 4.18 Å². The van der Waals surface area contributed by atoms with Gasteiger partial charge in [0.2, 0.25) is 0 Å². The third-order valence-corrected chi connectivity index (χ3v) is 2.76. The molecule has 0 heterocycles. The molecule has 0 aliphatic rings. The van der Waals surface area contributed by atoms with Crippen LogP contribution in [0, 0.1) is 0 Å². The Labute approximate surface area is 133 Å². The third-order valence-electron chi connectivity index (χ3n) is 1.57. The van der Waals surface area contributed by atoms with Crippen LogP contribution in [0.3, 0.4) is 0 Å². The van der Waals surface area contributed by atoms with Crippen LogP contribution in [0.1, 0.15) is 0 Å². The number of thiol groups is 1. The molecule has 0 saturated carbocycles. The van der Waals surface area contributed by atoms with Crippen molar-refractivity contribution in [2.45, 2.75) is 0 Å². The van der Waals surface area contributed by atoms with Crippen molar-refractivity contribution >= 4 is 46.2 Å². The van der Waals surface area contributed by atoms with Crippen LogP contribution in [0.4, 0.5) is 0 Å². The van der Waals surface area contributed by atoms with Crippen molar-refractivity contribution in [1.29, 1.82) is 0 Å². The molecule has 0 radical (unpaired) electrons. The summed E-state index contributed by atoms with van der Waals surface area (Å²) >= 11 is 15.1. The fourth-order valence-electron chi connectivity index (χ4n) is 0.883. The molecule has 116 valence electrons. The number of benzene rings is 1. The van der Waals surface area contributed by atoms with Crippen molar-refractivity contribution in [3.8, 4) is 5.75 Å². The van der Waals surface area contributed by atoms with Crippen LogP contribution in [0.25, 0.3) is 0 Å². The van der Waals surface area contributed by atoms with Gasteiger partial charge in [0.25, 0.3) is 0 Å². The lowest BCUT2D eigenvalue weighted by molar-refractivity contribution is 0.202. The molecule has 0 fully saturated rings. The molecule has 6 nitrogen and oxygen atoms in total. The van der Waals surface area contributed by atoms with Crippen LogP contribution in [-0.4, -0.2) is 43.7 Å². The second kappa shape index (κ2) is 10.5. The van der Waals surface area contributed by atoms with E-state index < -0.39 is 10.4 Å². The molecule has 0 unspecified atom stereocenters. The summed E-state index contributed by atoms with van der Waals surface area (Å²) in [5.74, 6) is 0.921. The molecular formula is C10H14Cl2O6S2. The topological polar surface area (TPSA) is 93.1 Å². The fraction of sp³-hybridized carbons (Fsp3) is 0.400. The molecule has 2 N–H and O–H groups in total. The van der Waals surface area contributed by atoms with E-state index in [-0.39, 0.29) is 19.8 Å². The lowest BCUT2D eigenvalue weighted by Gasteiger charge is -2.07. The second-order valence-corrected chi connectivity index (χ2v) is 5.50. The van der Waals surface area contributed by atoms with Gasteiger partial charge in [0, 0.05) is 10.8 Å². The lowest BCUT2D eigenvalue weighted by atomic mass is 10.3. The molecule has 10 heteroatoms. The van der Waals surface area contributed by atoms with Gasteiger partial charge in [-0.15, -0.1) is 0 Å². The Kier molecular flexibility index (Phi) is 10.4. The Bertz CT molecular complexity index is 493. The maximum atomic E-state index is 10.2. The summed E-state index contributed by atoms with van der Waals surface area (Å²) in [6.07, 6.45) is 0. The number of hydrogen-bond donors (Lipinski definition) is 3. The van der Waals surface area contributed by atoms with Gasteiger partial charge < -0.3 is 9.84 Å². The fourth-order valence-corrected chi connectivity index (χ4v) is 1.62. The third kappa shape index (κ3) is 10.6. The number of rotatable bonds is 6. The number of aliphatic hydroxyl groups excluding tert-OH is 1. The normalized spacial score (nSPS) is 10.7. The summed E-state index contributed by atoms with van der Waals surface area (Å²) < 4.78 is 37.8. The van der Waals surface area contributed by atoms with E-state index in [1.165, 1.54) is 12.1 Å². The average molecular weight is 365 g/mol. The standard InChI is InChI=1S/C8H8Cl2O5S.C2H6OS/c9-6-1-2-8(7(10)5-6)14-3-4-15-16(11,12)13;3-1-2-4/h1-2,5H,3-4H2,(H,11,12,13);3-4H,1-2H2. The Hall–Kier alpha value is -0.220. The van der Waals surface area contributed by atoms with Gasteiger partial charge in [-0.1, -0.05) is 23.2 Å². The van der Waals surface area contributed by atoms with E-state index in [0.717, 1.165) is 0 Å². The number of aliphatic hydroxyl groups is 1. The minimum Gasteiger partial charge on any atom is -0.490 e. The van der Waals surface area contributed by atoms with Crippen molar-refractivity contribution in [2.24, 2.45) is 0 Å². The zero-order chi connectivity index (χ0) is 15.6. The Morgan fingerprint density at radius 3 is 2.30 bits per heavy atom. The van der Waals surface area contributed by atoms with Crippen molar-refractivity contribution in [1.82, 2.24) is 0 Å². The van der Waals surface area contributed by atoms with Gasteiger partial charge in [-0.05, 0) is 18.2 Å². The summed E-state index contributed by atoms with van der Waals surface area (Å²) in [7, 11) is -4.43. The Morgan fingerprint density at radius 2 is 1.85 bits per heavy atom. The van der Waals surface area contributed by atoms with Crippen molar-refractivity contribution in [2.75, 3.05) is 25.6 Å². The van der Waals surface area contributed by atoms with E-state index in [0.29, 0.717) is 21.5 Å². The summed E-state index contributed by atoms with van der Waals surface area (Å²) in [5.41, 5.74) is 0. The molecule has 20 heavy (non-hydrogen) atoms. The predicted molar refractivity (Wildman–Crippen MR) is 80.4 cm³/mol. The van der Waals surface area contributed by atoms with E-state index >= 15 is 0 Å². The highest BCUT2D eigenvalue weighted by atomic mass is 35.5. The van der Waals surface area contributed by atoms with Crippen LogP contribution in [0.2, 0.25) is 10.0 Å². The largest absolute Gasteiger partial charge is 0.490 e. The maximum Gasteiger partial charge on any atom is 0.397 e. The van der Waals surface area contributed by atoms with Gasteiger partial charge >= 0.3 is 10.4 Å². The Morgan fingerprint density at radius 1 is 1.25 bits per heavy atom. The van der Waals surface area contributed by atoms with Gasteiger partial charge in [0.05, 0.1) is 11.6 Å². The molecule has 0 spiro atoms. The first-order valence-corrected chi connectivity index (χ1v) is 7.97. The summed E-state index contributed by atoms with van der Waals surface area (Å²) in [6.45, 7) is -0.192. The zero-order valence-corrected chi connectivity index (χ0v) is 13.4. The van der Waals surface area contributed by atoms with E-state index in [1.54, 1.807) is 6.07 Å². The summed E-state index contributed by atoms with van der Waals surface area (Å²) in [6, 6.07) is 4.60. The molecule has 1 aromatic rings. The second-order valence-electron chi connectivity index (χ2n) is 3.12. The molecule has 0 aliphatic heterocycles. The molecule has 0 atom stereocenters. The SMILES string of the molecule is O=S(=O)(O)OCCOc1ccc(Cl)cc1Cl.OCCS. The van der Waals surface area contributed by atoms with Crippen LogP contribution >= 0.6 is 35.8 Å². The van der Waals surface area contributed by atoms with Crippen LogP contribution in [0.5, 0.6) is 5.75 Å². The predicted octanol–water partition coefficient (Wildman–Crippen LogP) is 2.10. The van der Waals surface area contributed by atoms with E-state index in [2.05, 4.69) is 16.8 Å². The van der Waals surface area contributed by atoms with Crippen LogP contribution in [-0.2, 0) is 14.6 Å². The molecule has 1 aromatic carbocycles. The summed E-state index contributed by atoms with van der Waals surface area (Å²) in [4.78, 5) is 0. The monoisotopic (exact) mass is 364 g/mol. The van der Waals surface area contributed by atoms with Gasteiger partial charge in [-0.3, -0.25) is 4.55 Å². The van der Waals surface area contributed by atoms with Crippen molar-refractivity contribution < 1.29 is 27.0 Å². The molecule has 0 saturated heterocycles. The first kappa shape index (κ1) is 19.8. The molecule has 0 aromatic heterocycles. The summed E-state index contributed by atoms with van der Waals surface area (Å²) in [5, 5.41) is 8.57. The van der Waals surface area contributed by atoms with Gasteiger partial charge in [-0.2, -0.15) is 21.0 Å². The molecule has 0 aliphatic carbocycles. The van der Waals surface area contributed by atoms with E-state index in [1.807, 2.05) is 0 Å². The van der Waals surface area contributed by atoms with Crippen molar-refractivity contribution in [3.63, 3.8) is 0 Å². The molecule has 0 amide bonds. The van der Waals surface area contributed by atoms with E-state index in [4.69, 9.17) is 37.6 Å². The zero-order valence-electron chi connectivity index (χ0n) is 10.2. The van der Waals surface area contributed by atoms with Crippen molar-refractivity contribution in [3.05, 3.63) is 28.2 Å².